The van der Waals surface area contributed by atoms with Crippen LogP contribution in [0, 0.1) is 11.3 Å². The molecule has 3 atom stereocenters. The van der Waals surface area contributed by atoms with Crippen molar-refractivity contribution in [2.75, 3.05) is 13.1 Å². The van der Waals surface area contributed by atoms with E-state index in [0.29, 0.717) is 24.4 Å². The Balaban J connectivity index is 1.77. The average Bonchev–Trinajstić information content (AvgIpc) is 3.23. The summed E-state index contributed by atoms with van der Waals surface area (Å²) in [5, 5.41) is 18.1. The number of pyridine rings is 1. The van der Waals surface area contributed by atoms with E-state index in [4.69, 9.17) is 5.26 Å². The van der Waals surface area contributed by atoms with E-state index in [-0.39, 0.29) is 5.92 Å². The molecule has 4 heterocycles. The molecule has 0 radical (unpaired) electrons. The summed E-state index contributed by atoms with van der Waals surface area (Å²) in [7, 11) is 0. The number of rotatable bonds is 3. The number of hydrogen-bond donors (Lipinski definition) is 1. The molecule has 24 heavy (non-hydrogen) atoms. The van der Waals surface area contributed by atoms with Gasteiger partial charge >= 0.3 is 0 Å². The quantitative estimate of drug-likeness (QED) is 0.706. The summed E-state index contributed by atoms with van der Waals surface area (Å²) in [4.78, 5) is 8.99. The van der Waals surface area contributed by atoms with Gasteiger partial charge in [0.1, 0.15) is 0 Å². The number of H-pyrrole nitrogens is 1. The van der Waals surface area contributed by atoms with Gasteiger partial charge in [-0.1, -0.05) is 0 Å². The normalized spacial score (nSPS) is 21.1. The summed E-state index contributed by atoms with van der Waals surface area (Å²) in [5.74, 6) is 0.129. The molecule has 0 saturated carbocycles. The van der Waals surface area contributed by atoms with Crippen LogP contribution in [0.4, 0.5) is 0 Å². The Bertz CT molecular complexity index is 981. The van der Waals surface area contributed by atoms with Crippen molar-refractivity contribution in [3.05, 3.63) is 30.1 Å². The molecule has 0 amide bonds. The van der Waals surface area contributed by atoms with Crippen LogP contribution in [0.1, 0.15) is 17.9 Å². The second kappa shape index (κ2) is 5.90. The fourth-order valence-electron chi connectivity index (χ4n) is 3.40. The molecule has 0 bridgehead atoms. The lowest BCUT2D eigenvalue weighted by Gasteiger charge is -2.23. The molecule has 1 N–H and O–H groups in total. The molecule has 0 aromatic carbocycles. The molecular formula is C15H13N6O2S-. The summed E-state index contributed by atoms with van der Waals surface area (Å²) in [6.07, 6.45) is 4.29. The van der Waals surface area contributed by atoms with Gasteiger partial charge in [0, 0.05) is 36.3 Å². The predicted octanol–water partition coefficient (Wildman–Crippen LogP) is 1.02. The number of nitrogens with zero attached hydrogens (tertiary/aromatic N) is 5. The van der Waals surface area contributed by atoms with Crippen LogP contribution in [0.2, 0.25) is 0 Å². The second-order valence-electron chi connectivity index (χ2n) is 5.76. The third-order valence-electron chi connectivity index (χ3n) is 4.49. The SMILES string of the molecule is N#CC(N1CCC(c2cc[nH]c3nnc4nccc4c23)C1)S(=O)[O-]. The van der Waals surface area contributed by atoms with Crippen LogP contribution in [0.15, 0.2) is 24.5 Å². The van der Waals surface area contributed by atoms with E-state index < -0.39 is 16.5 Å². The van der Waals surface area contributed by atoms with Gasteiger partial charge in [0.25, 0.3) is 0 Å². The highest BCUT2D eigenvalue weighted by atomic mass is 32.2. The number of nitrogens with one attached hydrogen (secondary N) is 1. The van der Waals surface area contributed by atoms with Crippen molar-refractivity contribution in [3.63, 3.8) is 0 Å². The van der Waals surface area contributed by atoms with Crippen LogP contribution in [-0.4, -0.2) is 52.3 Å². The number of hydrogen-bond acceptors (Lipinski definition) is 7. The first kappa shape index (κ1) is 15.1. The molecule has 3 aromatic rings. The number of aromatic nitrogens is 4. The molecule has 1 saturated heterocycles. The predicted molar refractivity (Wildman–Crippen MR) is 86.4 cm³/mol. The van der Waals surface area contributed by atoms with Gasteiger partial charge in [0.05, 0.1) is 6.07 Å². The van der Waals surface area contributed by atoms with Crippen molar-refractivity contribution in [2.45, 2.75) is 17.7 Å². The second-order valence-corrected chi connectivity index (χ2v) is 6.73. The first-order chi connectivity index (χ1) is 11.7. The van der Waals surface area contributed by atoms with Gasteiger partial charge in [0.2, 0.25) is 0 Å². The van der Waals surface area contributed by atoms with Crippen molar-refractivity contribution < 1.29 is 8.76 Å². The molecule has 3 unspecified atom stereocenters. The zero-order valence-corrected chi connectivity index (χ0v) is 13.4. The van der Waals surface area contributed by atoms with Gasteiger partial charge in [-0.05, 0) is 41.1 Å². The largest absolute Gasteiger partial charge is 0.770 e. The Labute approximate surface area is 139 Å². The van der Waals surface area contributed by atoms with Gasteiger partial charge in [-0.15, -0.1) is 10.2 Å². The van der Waals surface area contributed by atoms with Gasteiger partial charge < -0.3 is 9.54 Å². The number of fused-ring (bicyclic) bond motifs is 3. The van der Waals surface area contributed by atoms with E-state index in [1.807, 2.05) is 24.4 Å². The van der Waals surface area contributed by atoms with Crippen molar-refractivity contribution in [1.29, 1.82) is 5.26 Å². The zero-order chi connectivity index (χ0) is 16.7. The summed E-state index contributed by atoms with van der Waals surface area (Å²) in [5.41, 5.74) is 2.34. The van der Waals surface area contributed by atoms with Crippen LogP contribution in [0.3, 0.4) is 0 Å². The van der Waals surface area contributed by atoms with E-state index in [2.05, 4.69) is 20.2 Å². The van der Waals surface area contributed by atoms with E-state index in [0.717, 1.165) is 22.8 Å². The van der Waals surface area contributed by atoms with Crippen molar-refractivity contribution >= 4 is 33.1 Å². The van der Waals surface area contributed by atoms with E-state index in [1.165, 1.54) is 0 Å². The Morgan fingerprint density at radius 1 is 1.46 bits per heavy atom. The number of nitriles is 1. The fraction of sp³-hybridized carbons (Fsp3) is 0.333. The summed E-state index contributed by atoms with van der Waals surface area (Å²) in [6.45, 7) is 1.08. The maximum Gasteiger partial charge on any atom is 0.182 e. The number of aromatic amines is 1. The van der Waals surface area contributed by atoms with Gasteiger partial charge in [-0.2, -0.15) is 5.26 Å². The van der Waals surface area contributed by atoms with E-state index >= 15 is 0 Å². The first-order valence-corrected chi connectivity index (χ1v) is 8.63. The Hall–Kier alpha value is -2.41. The summed E-state index contributed by atoms with van der Waals surface area (Å²) >= 11 is -2.43. The van der Waals surface area contributed by atoms with Crippen molar-refractivity contribution in [2.24, 2.45) is 0 Å². The minimum Gasteiger partial charge on any atom is -0.770 e. The number of likely N-dealkylation sites (tertiary alicyclic amines) is 1. The van der Waals surface area contributed by atoms with Crippen molar-refractivity contribution in [3.8, 4) is 6.07 Å². The molecule has 1 aliphatic rings. The Kier molecular flexibility index (Phi) is 3.72. The zero-order valence-electron chi connectivity index (χ0n) is 12.5. The highest BCUT2D eigenvalue weighted by Crippen LogP contribution is 2.34. The van der Waals surface area contributed by atoms with Crippen LogP contribution < -0.4 is 0 Å². The monoisotopic (exact) mass is 341 g/mol. The molecule has 122 valence electrons. The standard InChI is InChI=1S/C15H14N6O2S/c16-7-12(24(22)23)21-6-3-9(8-21)10-1-4-18-15-13(10)11-2-5-17-14(11)19-20-15/h1-2,4-5,9,12H,3,6,8H2,(H,18,20)(H,22,23)/p-1. The van der Waals surface area contributed by atoms with E-state index in [9.17, 15) is 8.76 Å². The third kappa shape index (κ3) is 2.36. The maximum atomic E-state index is 11.2. The van der Waals surface area contributed by atoms with Gasteiger partial charge in [-0.25, -0.2) is 4.98 Å². The summed E-state index contributed by atoms with van der Waals surface area (Å²) < 4.78 is 22.4. The lowest BCUT2D eigenvalue weighted by atomic mass is 9.95. The highest BCUT2D eigenvalue weighted by molar-refractivity contribution is 7.80. The van der Waals surface area contributed by atoms with Crippen LogP contribution >= 0.6 is 0 Å². The van der Waals surface area contributed by atoms with Crippen LogP contribution in [0.5, 0.6) is 0 Å². The van der Waals surface area contributed by atoms with Gasteiger partial charge in [0.15, 0.2) is 16.7 Å². The van der Waals surface area contributed by atoms with E-state index in [1.54, 1.807) is 11.1 Å². The molecule has 0 aliphatic carbocycles. The minimum atomic E-state index is -2.43. The molecule has 8 nitrogen and oxygen atoms in total. The van der Waals surface area contributed by atoms with Crippen LogP contribution in [0.25, 0.3) is 22.1 Å². The van der Waals surface area contributed by atoms with Crippen LogP contribution in [-0.2, 0) is 11.1 Å². The maximum absolute atomic E-state index is 11.2. The molecule has 1 aliphatic heterocycles. The Morgan fingerprint density at radius 2 is 2.33 bits per heavy atom. The minimum absolute atomic E-state index is 0.129. The fourth-order valence-corrected chi connectivity index (χ4v) is 3.92. The molecule has 4 rings (SSSR count). The first-order valence-electron chi connectivity index (χ1n) is 7.49. The van der Waals surface area contributed by atoms with Gasteiger partial charge in [-0.3, -0.25) is 9.11 Å². The lowest BCUT2D eigenvalue weighted by Crippen LogP contribution is -2.35. The summed E-state index contributed by atoms with van der Waals surface area (Å²) in [6, 6.07) is 5.74. The molecular weight excluding hydrogens is 328 g/mol. The highest BCUT2D eigenvalue weighted by Gasteiger charge is 2.31. The van der Waals surface area contributed by atoms with Crippen molar-refractivity contribution in [1.82, 2.24) is 25.1 Å². The lowest BCUT2D eigenvalue weighted by molar-refractivity contribution is 0.333. The topological polar surface area (TPSA) is 122 Å². The molecule has 1 fully saturated rings. The average molecular weight is 341 g/mol. The third-order valence-corrected chi connectivity index (χ3v) is 5.25. The molecule has 3 aromatic heterocycles. The molecule has 9 heteroatoms. The molecule has 0 spiro atoms. The Morgan fingerprint density at radius 3 is 3.12 bits per heavy atom. The smallest absolute Gasteiger partial charge is 0.182 e.